The maximum Gasteiger partial charge on any atom is 0.248 e. The van der Waals surface area contributed by atoms with E-state index in [1.807, 2.05) is 0 Å². The van der Waals surface area contributed by atoms with Crippen LogP contribution in [-0.4, -0.2) is 18.1 Å². The molecule has 2 atom stereocenters. The normalized spacial score (nSPS) is 23.7. The van der Waals surface area contributed by atoms with Crippen molar-refractivity contribution in [1.29, 1.82) is 0 Å². The summed E-state index contributed by atoms with van der Waals surface area (Å²) in [6.07, 6.45) is 3.69. The van der Waals surface area contributed by atoms with Crippen molar-refractivity contribution in [2.24, 2.45) is 11.5 Å². The van der Waals surface area contributed by atoms with E-state index in [0.717, 1.165) is 31.7 Å². The van der Waals surface area contributed by atoms with Crippen LogP contribution < -0.4 is 16.2 Å². The zero-order valence-corrected chi connectivity index (χ0v) is 10.1. The first kappa shape index (κ1) is 12.8. The van der Waals surface area contributed by atoms with Crippen LogP contribution in [0.15, 0.2) is 18.2 Å². The van der Waals surface area contributed by atoms with Crippen LogP contribution in [0.3, 0.4) is 0 Å². The largest absolute Gasteiger partial charge is 0.486 e. The molecule has 0 aromatic heterocycles. The summed E-state index contributed by atoms with van der Waals surface area (Å²) in [7, 11) is 0. The van der Waals surface area contributed by atoms with Gasteiger partial charge in [-0.15, -0.1) is 0 Å². The van der Waals surface area contributed by atoms with E-state index in [1.165, 1.54) is 12.1 Å². The predicted molar refractivity (Wildman–Crippen MR) is 65.8 cm³/mol. The molecule has 1 aromatic carbocycles. The van der Waals surface area contributed by atoms with Crippen LogP contribution in [0, 0.1) is 5.82 Å². The Morgan fingerprint density at radius 2 is 2.06 bits per heavy atom. The third-order valence-electron chi connectivity index (χ3n) is 3.25. The lowest BCUT2D eigenvalue weighted by molar-refractivity contribution is 0.0999. The van der Waals surface area contributed by atoms with Gasteiger partial charge in [0.2, 0.25) is 5.91 Å². The summed E-state index contributed by atoms with van der Waals surface area (Å²) in [6.45, 7) is 0. The number of amides is 1. The zero-order valence-electron chi connectivity index (χ0n) is 10.1. The number of carbonyl (C=O) groups excluding carboxylic acids is 1. The van der Waals surface area contributed by atoms with E-state index < -0.39 is 11.7 Å². The monoisotopic (exact) mass is 252 g/mol. The number of halogens is 1. The number of rotatable bonds is 3. The van der Waals surface area contributed by atoms with Crippen molar-refractivity contribution >= 4 is 5.91 Å². The van der Waals surface area contributed by atoms with E-state index in [4.69, 9.17) is 16.2 Å². The third kappa shape index (κ3) is 2.79. The molecule has 98 valence electrons. The second-order valence-electron chi connectivity index (χ2n) is 4.61. The minimum absolute atomic E-state index is 0.0611. The van der Waals surface area contributed by atoms with Gasteiger partial charge in [-0.25, -0.2) is 4.39 Å². The van der Waals surface area contributed by atoms with E-state index >= 15 is 0 Å². The average molecular weight is 252 g/mol. The van der Waals surface area contributed by atoms with Gasteiger partial charge >= 0.3 is 0 Å². The molecule has 0 saturated heterocycles. The Morgan fingerprint density at radius 3 is 2.67 bits per heavy atom. The molecule has 0 bridgehead atoms. The third-order valence-corrected chi connectivity index (χ3v) is 3.25. The molecule has 1 saturated carbocycles. The van der Waals surface area contributed by atoms with E-state index in [-0.39, 0.29) is 23.5 Å². The highest BCUT2D eigenvalue weighted by molar-refractivity contribution is 5.92. The molecule has 4 N–H and O–H groups in total. The second kappa shape index (κ2) is 5.35. The van der Waals surface area contributed by atoms with E-state index in [2.05, 4.69) is 0 Å². The summed E-state index contributed by atoms with van der Waals surface area (Å²) >= 11 is 0. The summed E-state index contributed by atoms with van der Waals surface area (Å²) in [5, 5.41) is 0. The van der Waals surface area contributed by atoms with Crippen LogP contribution in [0.1, 0.15) is 36.0 Å². The van der Waals surface area contributed by atoms with Gasteiger partial charge in [-0.1, -0.05) is 6.42 Å². The Labute approximate surface area is 105 Å². The predicted octanol–water partition coefficient (Wildman–Crippen LogP) is 1.57. The van der Waals surface area contributed by atoms with Crippen LogP contribution in [0.2, 0.25) is 0 Å². The second-order valence-corrected chi connectivity index (χ2v) is 4.61. The van der Waals surface area contributed by atoms with Gasteiger partial charge in [-0.3, -0.25) is 4.79 Å². The summed E-state index contributed by atoms with van der Waals surface area (Å²) < 4.78 is 19.3. The molecule has 1 aliphatic rings. The molecule has 2 rings (SSSR count). The van der Waals surface area contributed by atoms with Crippen LogP contribution in [0.4, 0.5) is 4.39 Å². The van der Waals surface area contributed by atoms with E-state index in [1.54, 1.807) is 0 Å². The van der Waals surface area contributed by atoms with Crippen LogP contribution in [0.5, 0.6) is 5.75 Å². The molecule has 5 heteroatoms. The summed E-state index contributed by atoms with van der Waals surface area (Å²) in [4.78, 5) is 10.9. The fraction of sp³-hybridized carbons (Fsp3) is 0.462. The lowest BCUT2D eigenvalue weighted by Gasteiger charge is -2.29. The summed E-state index contributed by atoms with van der Waals surface area (Å²) in [6, 6.07) is 3.91. The van der Waals surface area contributed by atoms with Crippen molar-refractivity contribution in [3.63, 3.8) is 0 Å². The first-order chi connectivity index (χ1) is 8.58. The first-order valence-corrected chi connectivity index (χ1v) is 6.09. The molecule has 0 radical (unpaired) electrons. The number of ether oxygens (including phenoxy) is 1. The van der Waals surface area contributed by atoms with Crippen molar-refractivity contribution in [2.75, 3.05) is 0 Å². The van der Waals surface area contributed by atoms with Gasteiger partial charge in [0, 0.05) is 11.6 Å². The number of hydrogen-bond acceptors (Lipinski definition) is 3. The molecule has 18 heavy (non-hydrogen) atoms. The molecule has 1 fully saturated rings. The molecule has 1 aliphatic carbocycles. The van der Waals surface area contributed by atoms with Crippen molar-refractivity contribution < 1.29 is 13.9 Å². The lowest BCUT2D eigenvalue weighted by atomic mass is 9.93. The van der Waals surface area contributed by atoms with Crippen molar-refractivity contribution in [3.8, 4) is 5.75 Å². The summed E-state index contributed by atoms with van der Waals surface area (Å²) in [5.74, 6) is -1.11. The molecule has 1 amide bonds. The fourth-order valence-corrected chi connectivity index (χ4v) is 2.18. The quantitative estimate of drug-likeness (QED) is 0.857. The highest BCUT2D eigenvalue weighted by atomic mass is 19.1. The minimum Gasteiger partial charge on any atom is -0.486 e. The SMILES string of the molecule is NC(=O)c1ccc(OC2CCCCC2N)c(F)c1. The Kier molecular flexibility index (Phi) is 3.81. The number of hydrogen-bond donors (Lipinski definition) is 2. The van der Waals surface area contributed by atoms with Gasteiger partial charge in [0.1, 0.15) is 6.10 Å². The molecule has 0 aliphatic heterocycles. The molecular formula is C13H17FN2O2. The van der Waals surface area contributed by atoms with Gasteiger partial charge < -0.3 is 16.2 Å². The lowest BCUT2D eigenvalue weighted by Crippen LogP contribution is -2.41. The fourth-order valence-electron chi connectivity index (χ4n) is 2.18. The Morgan fingerprint density at radius 1 is 1.33 bits per heavy atom. The highest BCUT2D eigenvalue weighted by Gasteiger charge is 2.24. The molecular weight excluding hydrogens is 235 g/mol. The van der Waals surface area contributed by atoms with Gasteiger partial charge in [-0.2, -0.15) is 0 Å². The standard InChI is InChI=1S/C13H17FN2O2/c14-9-7-8(13(16)17)5-6-11(9)18-12-4-2-1-3-10(12)15/h5-7,10,12H,1-4,15H2,(H2,16,17). The first-order valence-electron chi connectivity index (χ1n) is 6.09. The van der Waals surface area contributed by atoms with Crippen molar-refractivity contribution in [3.05, 3.63) is 29.6 Å². The van der Waals surface area contributed by atoms with Crippen LogP contribution in [-0.2, 0) is 0 Å². The maximum atomic E-state index is 13.7. The van der Waals surface area contributed by atoms with E-state index in [0.29, 0.717) is 0 Å². The van der Waals surface area contributed by atoms with Crippen LogP contribution >= 0.6 is 0 Å². The number of primary amides is 1. The minimum atomic E-state index is -0.658. The topological polar surface area (TPSA) is 78.3 Å². The highest BCUT2D eigenvalue weighted by Crippen LogP contribution is 2.25. The van der Waals surface area contributed by atoms with Crippen molar-refractivity contribution in [2.45, 2.75) is 37.8 Å². The maximum absolute atomic E-state index is 13.7. The smallest absolute Gasteiger partial charge is 0.248 e. The van der Waals surface area contributed by atoms with Crippen LogP contribution in [0.25, 0.3) is 0 Å². The average Bonchev–Trinajstić information content (AvgIpc) is 2.34. The molecule has 1 aromatic rings. The molecule has 2 unspecified atom stereocenters. The zero-order chi connectivity index (χ0) is 13.1. The van der Waals surface area contributed by atoms with Gasteiger partial charge in [0.05, 0.1) is 0 Å². The summed E-state index contributed by atoms with van der Waals surface area (Å²) in [5.41, 5.74) is 11.1. The Balaban J connectivity index is 2.11. The molecule has 4 nitrogen and oxygen atoms in total. The Bertz CT molecular complexity index is 451. The molecule has 0 heterocycles. The van der Waals surface area contributed by atoms with Gasteiger partial charge in [0.15, 0.2) is 11.6 Å². The number of nitrogens with two attached hydrogens (primary N) is 2. The van der Waals surface area contributed by atoms with Gasteiger partial charge in [-0.05, 0) is 37.5 Å². The molecule has 0 spiro atoms. The number of carbonyl (C=O) groups is 1. The van der Waals surface area contributed by atoms with E-state index in [9.17, 15) is 9.18 Å². The van der Waals surface area contributed by atoms with Crippen molar-refractivity contribution in [1.82, 2.24) is 0 Å². The van der Waals surface area contributed by atoms with Gasteiger partial charge in [0.25, 0.3) is 0 Å². The number of benzene rings is 1. The Hall–Kier alpha value is -1.62.